The van der Waals surface area contributed by atoms with E-state index in [1.165, 1.54) is 36.1 Å². The predicted octanol–water partition coefficient (Wildman–Crippen LogP) is 3.46. The molecule has 1 amide bonds. The Morgan fingerprint density at radius 1 is 1.33 bits per heavy atom. The number of anilines is 2. The van der Waals surface area contributed by atoms with E-state index in [4.69, 9.17) is 0 Å². The van der Waals surface area contributed by atoms with Crippen LogP contribution in [0.3, 0.4) is 0 Å². The molecule has 0 aromatic heterocycles. The molecule has 0 radical (unpaired) electrons. The van der Waals surface area contributed by atoms with E-state index in [0.717, 1.165) is 11.6 Å². The third kappa shape index (κ3) is 3.67. The van der Waals surface area contributed by atoms with Crippen LogP contribution in [0.25, 0.3) is 0 Å². The second kappa shape index (κ2) is 6.93. The molecule has 0 fully saturated rings. The summed E-state index contributed by atoms with van der Waals surface area (Å²) >= 11 is 3.32. The van der Waals surface area contributed by atoms with Gasteiger partial charge in [-0.15, -0.1) is 0 Å². The number of carbonyl (C=O) groups excluding carboxylic acids is 1. The monoisotopic (exact) mass is 453 g/mol. The van der Waals surface area contributed by atoms with Gasteiger partial charge in [-0.2, -0.15) is 0 Å². The Morgan fingerprint density at radius 2 is 2.04 bits per heavy atom. The van der Waals surface area contributed by atoms with Gasteiger partial charge in [-0.1, -0.05) is 22.0 Å². The fourth-order valence-corrected chi connectivity index (χ4v) is 5.22. The summed E-state index contributed by atoms with van der Waals surface area (Å²) in [6, 6.07) is 8.28. The summed E-state index contributed by atoms with van der Waals surface area (Å²) in [6.07, 6.45) is 0.535. The highest BCUT2D eigenvalue weighted by molar-refractivity contribution is 9.10. The van der Waals surface area contributed by atoms with Gasteiger partial charge in [0.05, 0.1) is 16.3 Å². The standard InChI is InChI=1S/C17H16BrN3O5S/c1-10-6-12-7-13(18)8-16(17(12)20(10)11(2)22)27(25,26)19-14-4-3-5-15(9-14)21(23)24/h3-5,7-10,19H,6H2,1-2H3/t10-/m0/s1. The van der Waals surface area contributed by atoms with Gasteiger partial charge in [0.15, 0.2) is 0 Å². The number of nitrogens with one attached hydrogen (secondary N) is 1. The molecule has 0 spiro atoms. The molecule has 0 aliphatic carbocycles. The summed E-state index contributed by atoms with van der Waals surface area (Å²) in [5.74, 6) is -0.254. The van der Waals surface area contributed by atoms with Crippen LogP contribution < -0.4 is 9.62 Å². The Hall–Kier alpha value is -2.46. The van der Waals surface area contributed by atoms with E-state index in [1.54, 1.807) is 6.07 Å². The molecule has 2 aromatic rings. The first-order chi connectivity index (χ1) is 12.6. The molecule has 1 aliphatic heterocycles. The van der Waals surface area contributed by atoms with E-state index in [-0.39, 0.29) is 28.2 Å². The minimum absolute atomic E-state index is 0.0575. The Kier molecular flexibility index (Phi) is 4.96. The summed E-state index contributed by atoms with van der Waals surface area (Å²) in [6.45, 7) is 3.23. The Labute approximate surface area is 164 Å². The molecule has 10 heteroatoms. The zero-order valence-corrected chi connectivity index (χ0v) is 16.9. The van der Waals surface area contributed by atoms with Crippen LogP contribution >= 0.6 is 15.9 Å². The van der Waals surface area contributed by atoms with Crippen LogP contribution in [0.1, 0.15) is 19.4 Å². The van der Waals surface area contributed by atoms with Crippen molar-refractivity contribution >= 4 is 48.9 Å². The molecule has 0 saturated carbocycles. The number of amides is 1. The van der Waals surface area contributed by atoms with E-state index < -0.39 is 14.9 Å². The fraction of sp³-hybridized carbons (Fsp3) is 0.235. The number of nitro benzene ring substituents is 1. The van der Waals surface area contributed by atoms with Crippen molar-refractivity contribution in [1.29, 1.82) is 0 Å². The smallest absolute Gasteiger partial charge is 0.271 e. The highest BCUT2D eigenvalue weighted by Gasteiger charge is 2.35. The first kappa shape index (κ1) is 19.3. The molecule has 0 unspecified atom stereocenters. The minimum atomic E-state index is -4.09. The maximum atomic E-state index is 13.0. The van der Waals surface area contributed by atoms with Gasteiger partial charge >= 0.3 is 0 Å². The van der Waals surface area contributed by atoms with Gasteiger partial charge in [-0.05, 0) is 37.1 Å². The molecule has 1 N–H and O–H groups in total. The second-order valence-corrected chi connectivity index (χ2v) is 8.83. The van der Waals surface area contributed by atoms with E-state index in [2.05, 4.69) is 20.7 Å². The highest BCUT2D eigenvalue weighted by atomic mass is 79.9. The Balaban J connectivity index is 2.10. The SMILES string of the molecule is CC(=O)N1c2c(cc(Br)cc2S(=O)(=O)Nc2cccc([N+](=O)[O-])c2)C[C@@H]1C. The molecule has 27 heavy (non-hydrogen) atoms. The van der Waals surface area contributed by atoms with Gasteiger partial charge < -0.3 is 4.90 Å². The van der Waals surface area contributed by atoms with Gasteiger partial charge in [0.25, 0.3) is 15.7 Å². The third-order valence-corrected chi connectivity index (χ3v) is 6.11. The quantitative estimate of drug-likeness (QED) is 0.562. The lowest BCUT2D eigenvalue weighted by Gasteiger charge is -2.23. The van der Waals surface area contributed by atoms with E-state index in [9.17, 15) is 23.3 Å². The van der Waals surface area contributed by atoms with Crippen molar-refractivity contribution in [2.75, 3.05) is 9.62 Å². The number of rotatable bonds is 4. The zero-order valence-electron chi connectivity index (χ0n) is 14.5. The number of benzene rings is 2. The van der Waals surface area contributed by atoms with Crippen LogP contribution in [0.5, 0.6) is 0 Å². The van der Waals surface area contributed by atoms with Crippen LogP contribution in [-0.2, 0) is 21.2 Å². The number of nitro groups is 1. The number of hydrogen-bond acceptors (Lipinski definition) is 5. The molecule has 2 aromatic carbocycles. The number of fused-ring (bicyclic) bond motifs is 1. The van der Waals surface area contributed by atoms with Crippen LogP contribution in [0.15, 0.2) is 45.8 Å². The normalized spacial score (nSPS) is 16.1. The van der Waals surface area contributed by atoms with Crippen molar-refractivity contribution in [3.8, 4) is 0 Å². The molecule has 142 valence electrons. The average Bonchev–Trinajstić information content (AvgIpc) is 2.89. The third-order valence-electron chi connectivity index (χ3n) is 4.25. The van der Waals surface area contributed by atoms with Crippen LogP contribution in [0.4, 0.5) is 17.1 Å². The minimum Gasteiger partial charge on any atom is -0.308 e. The zero-order chi connectivity index (χ0) is 19.9. The van der Waals surface area contributed by atoms with Crippen molar-refractivity contribution in [2.45, 2.75) is 31.2 Å². The topological polar surface area (TPSA) is 110 Å². The lowest BCUT2D eigenvalue weighted by Crippen LogP contribution is -2.34. The van der Waals surface area contributed by atoms with Crippen LogP contribution in [-0.4, -0.2) is 25.3 Å². The van der Waals surface area contributed by atoms with Gasteiger partial charge in [0.1, 0.15) is 4.90 Å². The maximum Gasteiger partial charge on any atom is 0.271 e. The first-order valence-electron chi connectivity index (χ1n) is 7.99. The molecular formula is C17H16BrN3O5S. The second-order valence-electron chi connectivity index (χ2n) is 6.27. The number of nitrogens with zero attached hydrogens (tertiary/aromatic N) is 2. The summed E-state index contributed by atoms with van der Waals surface area (Å²) in [7, 11) is -4.09. The van der Waals surface area contributed by atoms with Crippen molar-refractivity contribution < 1.29 is 18.1 Å². The number of sulfonamides is 1. The van der Waals surface area contributed by atoms with Gasteiger partial charge in [0, 0.05) is 29.6 Å². The predicted molar refractivity (Wildman–Crippen MR) is 104 cm³/mol. The summed E-state index contributed by atoms with van der Waals surface area (Å²) in [5, 5.41) is 10.9. The van der Waals surface area contributed by atoms with Gasteiger partial charge in [-0.25, -0.2) is 8.42 Å². The number of hydrogen-bond donors (Lipinski definition) is 1. The molecule has 1 atom stereocenters. The van der Waals surface area contributed by atoms with Gasteiger partial charge in [-0.3, -0.25) is 19.6 Å². The molecule has 1 aliphatic rings. The van der Waals surface area contributed by atoms with Crippen LogP contribution in [0.2, 0.25) is 0 Å². The molecule has 1 heterocycles. The Bertz CT molecular complexity index is 1050. The van der Waals surface area contributed by atoms with E-state index in [0.29, 0.717) is 16.6 Å². The van der Waals surface area contributed by atoms with Crippen LogP contribution in [0, 0.1) is 10.1 Å². The van der Waals surface area contributed by atoms with Crippen molar-refractivity contribution in [3.05, 3.63) is 56.5 Å². The number of halogens is 1. The highest BCUT2D eigenvalue weighted by Crippen LogP contribution is 2.40. The molecule has 0 saturated heterocycles. The van der Waals surface area contributed by atoms with E-state index in [1.807, 2.05) is 6.92 Å². The summed E-state index contributed by atoms with van der Waals surface area (Å²) in [5.41, 5.74) is 0.926. The molecular weight excluding hydrogens is 438 g/mol. The largest absolute Gasteiger partial charge is 0.308 e. The maximum absolute atomic E-state index is 13.0. The Morgan fingerprint density at radius 3 is 2.67 bits per heavy atom. The lowest BCUT2D eigenvalue weighted by molar-refractivity contribution is -0.384. The van der Waals surface area contributed by atoms with Crippen molar-refractivity contribution in [3.63, 3.8) is 0 Å². The average molecular weight is 454 g/mol. The first-order valence-corrected chi connectivity index (χ1v) is 10.3. The molecule has 8 nitrogen and oxygen atoms in total. The lowest BCUT2D eigenvalue weighted by atomic mass is 10.1. The van der Waals surface area contributed by atoms with E-state index >= 15 is 0 Å². The summed E-state index contributed by atoms with van der Waals surface area (Å²) in [4.78, 5) is 23.8. The summed E-state index contributed by atoms with van der Waals surface area (Å²) < 4.78 is 29.0. The molecule has 3 rings (SSSR count). The molecule has 0 bridgehead atoms. The number of non-ortho nitro benzene ring substituents is 1. The van der Waals surface area contributed by atoms with Crippen molar-refractivity contribution in [1.82, 2.24) is 0 Å². The van der Waals surface area contributed by atoms with Crippen molar-refractivity contribution in [2.24, 2.45) is 0 Å². The van der Waals surface area contributed by atoms with Gasteiger partial charge in [0.2, 0.25) is 5.91 Å². The number of carbonyl (C=O) groups is 1. The fourth-order valence-electron chi connectivity index (χ4n) is 3.25.